The second-order valence-electron chi connectivity index (χ2n) is 4.35. The second-order valence-corrected chi connectivity index (χ2v) is 5.58. The Kier molecular flexibility index (Phi) is 6.88. The van der Waals surface area contributed by atoms with Gasteiger partial charge in [0.15, 0.2) is 0 Å². The van der Waals surface area contributed by atoms with Crippen LogP contribution in [0, 0.1) is 0 Å². The standard InChI is InChI=1S/C12H23NO2S/c1-2-3-4-5-6-11(12(14)15)13-7-9-16-10-8-13/h11H,2-10H2,1H3,(H,14,15). The monoisotopic (exact) mass is 245 g/mol. The van der Waals surface area contributed by atoms with Gasteiger partial charge in [-0.2, -0.15) is 11.8 Å². The van der Waals surface area contributed by atoms with Crippen molar-refractivity contribution in [1.82, 2.24) is 4.90 Å². The average Bonchev–Trinajstić information content (AvgIpc) is 2.30. The SMILES string of the molecule is CCCCCCC(C(=O)O)N1CCSCC1. The molecule has 1 fully saturated rings. The van der Waals surface area contributed by atoms with E-state index in [0.717, 1.165) is 37.4 Å². The van der Waals surface area contributed by atoms with E-state index in [-0.39, 0.29) is 6.04 Å². The first kappa shape index (κ1) is 13.8. The Balaban J connectivity index is 2.31. The van der Waals surface area contributed by atoms with Gasteiger partial charge >= 0.3 is 5.97 Å². The number of hydrogen-bond acceptors (Lipinski definition) is 3. The number of carboxylic acid groups (broad SMARTS) is 1. The first-order chi connectivity index (χ1) is 7.75. The summed E-state index contributed by atoms with van der Waals surface area (Å²) in [7, 11) is 0. The molecule has 16 heavy (non-hydrogen) atoms. The van der Waals surface area contributed by atoms with E-state index in [1.165, 1.54) is 19.3 Å². The molecule has 4 heteroatoms. The quantitative estimate of drug-likeness (QED) is 0.700. The zero-order valence-corrected chi connectivity index (χ0v) is 11.0. The van der Waals surface area contributed by atoms with E-state index in [2.05, 4.69) is 11.8 Å². The smallest absolute Gasteiger partial charge is 0.320 e. The normalized spacial score (nSPS) is 19.6. The van der Waals surface area contributed by atoms with Crippen molar-refractivity contribution in [1.29, 1.82) is 0 Å². The molecular weight excluding hydrogens is 222 g/mol. The van der Waals surface area contributed by atoms with Crippen LogP contribution in [-0.4, -0.2) is 46.6 Å². The number of thioether (sulfide) groups is 1. The Bertz CT molecular complexity index is 205. The average molecular weight is 245 g/mol. The minimum Gasteiger partial charge on any atom is -0.480 e. The summed E-state index contributed by atoms with van der Waals surface area (Å²) >= 11 is 1.93. The maximum Gasteiger partial charge on any atom is 0.320 e. The molecule has 0 aromatic carbocycles. The zero-order valence-electron chi connectivity index (χ0n) is 10.2. The number of unbranched alkanes of at least 4 members (excludes halogenated alkanes) is 3. The molecule has 94 valence electrons. The Morgan fingerprint density at radius 2 is 2.00 bits per heavy atom. The van der Waals surface area contributed by atoms with Gasteiger partial charge in [0.05, 0.1) is 0 Å². The molecule has 1 aliphatic rings. The van der Waals surface area contributed by atoms with E-state index in [1.54, 1.807) is 0 Å². The van der Waals surface area contributed by atoms with E-state index in [1.807, 2.05) is 11.8 Å². The fraction of sp³-hybridized carbons (Fsp3) is 0.917. The molecule has 0 amide bonds. The van der Waals surface area contributed by atoms with Gasteiger partial charge in [0.2, 0.25) is 0 Å². The largest absolute Gasteiger partial charge is 0.480 e. The van der Waals surface area contributed by atoms with Gasteiger partial charge in [0.1, 0.15) is 6.04 Å². The van der Waals surface area contributed by atoms with Crippen LogP contribution < -0.4 is 0 Å². The van der Waals surface area contributed by atoms with Crippen molar-refractivity contribution in [2.24, 2.45) is 0 Å². The highest BCUT2D eigenvalue weighted by Gasteiger charge is 2.26. The van der Waals surface area contributed by atoms with Gasteiger partial charge in [-0.3, -0.25) is 9.69 Å². The fourth-order valence-electron chi connectivity index (χ4n) is 2.12. The third-order valence-corrected chi connectivity index (χ3v) is 4.05. The van der Waals surface area contributed by atoms with Gasteiger partial charge in [-0.25, -0.2) is 0 Å². The Morgan fingerprint density at radius 1 is 1.31 bits per heavy atom. The molecule has 0 bridgehead atoms. The summed E-state index contributed by atoms with van der Waals surface area (Å²) in [5.41, 5.74) is 0. The van der Waals surface area contributed by atoms with Crippen LogP contribution in [0.2, 0.25) is 0 Å². The number of hydrogen-bond donors (Lipinski definition) is 1. The first-order valence-electron chi connectivity index (χ1n) is 6.30. The molecule has 0 radical (unpaired) electrons. The lowest BCUT2D eigenvalue weighted by molar-refractivity contribution is -0.143. The summed E-state index contributed by atoms with van der Waals surface area (Å²) < 4.78 is 0. The summed E-state index contributed by atoms with van der Waals surface area (Å²) in [6.45, 7) is 4.06. The first-order valence-corrected chi connectivity index (χ1v) is 7.45. The van der Waals surface area contributed by atoms with Gasteiger partial charge in [-0.05, 0) is 6.42 Å². The molecule has 1 saturated heterocycles. The summed E-state index contributed by atoms with van der Waals surface area (Å²) in [5, 5.41) is 9.23. The molecule has 1 heterocycles. The van der Waals surface area contributed by atoms with Crippen LogP contribution in [0.5, 0.6) is 0 Å². The lowest BCUT2D eigenvalue weighted by atomic mass is 10.1. The van der Waals surface area contributed by atoms with Gasteiger partial charge in [-0.15, -0.1) is 0 Å². The van der Waals surface area contributed by atoms with Gasteiger partial charge in [0, 0.05) is 24.6 Å². The summed E-state index contributed by atoms with van der Waals surface area (Å²) in [5.74, 6) is 1.53. The highest BCUT2D eigenvalue weighted by molar-refractivity contribution is 7.99. The Labute approximate surface area is 103 Å². The molecule has 1 N–H and O–H groups in total. The predicted molar refractivity (Wildman–Crippen MR) is 69.1 cm³/mol. The lowest BCUT2D eigenvalue weighted by Gasteiger charge is -2.31. The van der Waals surface area contributed by atoms with Crippen molar-refractivity contribution >= 4 is 17.7 Å². The number of carbonyl (C=O) groups is 1. The van der Waals surface area contributed by atoms with Crippen LogP contribution in [0.25, 0.3) is 0 Å². The van der Waals surface area contributed by atoms with E-state index in [0.29, 0.717) is 0 Å². The molecule has 0 saturated carbocycles. The second kappa shape index (κ2) is 7.96. The van der Waals surface area contributed by atoms with Crippen molar-refractivity contribution in [3.8, 4) is 0 Å². The summed E-state index contributed by atoms with van der Waals surface area (Å²) in [6.07, 6.45) is 5.47. The number of carboxylic acids is 1. The predicted octanol–water partition coefficient (Wildman–Crippen LogP) is 2.46. The Hall–Kier alpha value is -0.220. The van der Waals surface area contributed by atoms with Crippen molar-refractivity contribution in [3.05, 3.63) is 0 Å². The summed E-state index contributed by atoms with van der Waals surface area (Å²) in [6, 6.07) is -0.238. The van der Waals surface area contributed by atoms with Crippen LogP contribution >= 0.6 is 11.8 Å². The van der Waals surface area contributed by atoms with E-state index >= 15 is 0 Å². The number of nitrogens with zero attached hydrogens (tertiary/aromatic N) is 1. The molecule has 1 aliphatic heterocycles. The highest BCUT2D eigenvalue weighted by atomic mass is 32.2. The molecule has 1 atom stereocenters. The summed E-state index contributed by atoms with van der Waals surface area (Å²) in [4.78, 5) is 13.4. The van der Waals surface area contributed by atoms with Gasteiger partial charge < -0.3 is 5.11 Å². The molecule has 3 nitrogen and oxygen atoms in total. The Morgan fingerprint density at radius 3 is 2.56 bits per heavy atom. The number of aliphatic carboxylic acids is 1. The van der Waals surface area contributed by atoms with Crippen LogP contribution in [0.3, 0.4) is 0 Å². The van der Waals surface area contributed by atoms with Crippen molar-refractivity contribution < 1.29 is 9.90 Å². The van der Waals surface area contributed by atoms with E-state index in [4.69, 9.17) is 0 Å². The highest BCUT2D eigenvalue weighted by Crippen LogP contribution is 2.16. The van der Waals surface area contributed by atoms with Crippen LogP contribution in [0.4, 0.5) is 0 Å². The molecule has 0 aliphatic carbocycles. The van der Waals surface area contributed by atoms with Crippen LogP contribution in [0.15, 0.2) is 0 Å². The van der Waals surface area contributed by atoms with Crippen molar-refractivity contribution in [2.45, 2.75) is 45.1 Å². The fourth-order valence-corrected chi connectivity index (χ4v) is 3.05. The van der Waals surface area contributed by atoms with E-state index in [9.17, 15) is 9.90 Å². The third kappa shape index (κ3) is 4.74. The van der Waals surface area contributed by atoms with Crippen LogP contribution in [-0.2, 0) is 4.79 Å². The van der Waals surface area contributed by atoms with E-state index < -0.39 is 5.97 Å². The number of rotatable bonds is 7. The molecule has 1 unspecified atom stereocenters. The molecule has 1 rings (SSSR count). The lowest BCUT2D eigenvalue weighted by Crippen LogP contribution is -2.45. The maximum atomic E-state index is 11.2. The minimum absolute atomic E-state index is 0.238. The van der Waals surface area contributed by atoms with Crippen molar-refractivity contribution in [2.75, 3.05) is 24.6 Å². The zero-order chi connectivity index (χ0) is 11.8. The van der Waals surface area contributed by atoms with Crippen LogP contribution in [0.1, 0.15) is 39.0 Å². The van der Waals surface area contributed by atoms with Gasteiger partial charge in [-0.1, -0.05) is 32.6 Å². The molecule has 0 spiro atoms. The molecule has 0 aromatic rings. The third-order valence-electron chi connectivity index (χ3n) is 3.10. The maximum absolute atomic E-state index is 11.2. The molecule has 0 aromatic heterocycles. The topological polar surface area (TPSA) is 40.5 Å². The van der Waals surface area contributed by atoms with Gasteiger partial charge in [0.25, 0.3) is 0 Å². The minimum atomic E-state index is -0.636. The molecular formula is C12H23NO2S. The van der Waals surface area contributed by atoms with Crippen molar-refractivity contribution in [3.63, 3.8) is 0 Å².